The van der Waals surface area contributed by atoms with Gasteiger partial charge in [0.25, 0.3) is 0 Å². The summed E-state index contributed by atoms with van der Waals surface area (Å²) in [5.41, 5.74) is 6.62. The summed E-state index contributed by atoms with van der Waals surface area (Å²) >= 11 is 0. The molecule has 0 radical (unpaired) electrons. The van der Waals surface area contributed by atoms with Crippen LogP contribution in [0.3, 0.4) is 0 Å². The number of rotatable bonds is 12. The Kier molecular flexibility index (Phi) is 11.2. The van der Waals surface area contributed by atoms with Gasteiger partial charge in [0.1, 0.15) is 5.84 Å². The Morgan fingerprint density at radius 1 is 1.06 bits per heavy atom. The highest BCUT2D eigenvalue weighted by molar-refractivity contribution is 5.95. The summed E-state index contributed by atoms with van der Waals surface area (Å²) in [5, 5.41) is 12.6. The van der Waals surface area contributed by atoms with Gasteiger partial charge in [0.15, 0.2) is 0 Å². The molecule has 1 atom stereocenters. The van der Waals surface area contributed by atoms with Crippen molar-refractivity contribution in [3.8, 4) is 0 Å². The molecule has 0 aromatic heterocycles. The van der Waals surface area contributed by atoms with Crippen LogP contribution in [0, 0.1) is 11.3 Å². The summed E-state index contributed by atoms with van der Waals surface area (Å²) in [6, 6.07) is 5.72. The highest BCUT2D eigenvalue weighted by atomic mass is 19.4. The number of esters is 2. The molecule has 1 aromatic carbocycles. The minimum Gasteiger partial charge on any atom is -0.386 e. The van der Waals surface area contributed by atoms with E-state index >= 15 is 0 Å². The lowest BCUT2D eigenvalue weighted by molar-refractivity contribution is -0.202. The third-order valence-electron chi connectivity index (χ3n) is 4.49. The number of carbonyl (C=O) groups is 4. The molecule has 0 fully saturated rings. The van der Waals surface area contributed by atoms with E-state index in [4.69, 9.17) is 11.1 Å². The first-order chi connectivity index (χ1) is 15.8. The maximum atomic E-state index is 12.3. The van der Waals surface area contributed by atoms with Crippen molar-refractivity contribution in [1.29, 1.82) is 5.41 Å². The Morgan fingerprint density at radius 3 is 2.21 bits per heavy atom. The monoisotopic (exact) mass is 486 g/mol. The van der Waals surface area contributed by atoms with E-state index in [0.29, 0.717) is 17.5 Å². The zero-order chi connectivity index (χ0) is 25.9. The number of carbonyl (C=O) groups excluding carboxylic acids is 4. The van der Waals surface area contributed by atoms with Crippen LogP contribution in [-0.4, -0.2) is 48.4 Å². The van der Waals surface area contributed by atoms with Gasteiger partial charge in [-0.1, -0.05) is 38.1 Å². The predicted molar refractivity (Wildman–Crippen MR) is 117 cm³/mol. The van der Waals surface area contributed by atoms with Crippen LogP contribution in [0.1, 0.15) is 50.7 Å². The number of hydrogen-bond donors (Lipinski definition) is 4. The number of alkyl halides is 3. The van der Waals surface area contributed by atoms with Crippen molar-refractivity contribution in [2.75, 3.05) is 6.54 Å². The van der Waals surface area contributed by atoms with Gasteiger partial charge in [-0.25, -0.2) is 4.79 Å². The molecule has 0 aliphatic heterocycles. The molecule has 188 valence electrons. The molecular weight excluding hydrogens is 457 g/mol. The molecule has 0 aliphatic carbocycles. The molecule has 34 heavy (non-hydrogen) atoms. The van der Waals surface area contributed by atoms with Gasteiger partial charge in [0.05, 0.1) is 12.8 Å². The lowest BCUT2D eigenvalue weighted by atomic mass is 10.1. The van der Waals surface area contributed by atoms with Crippen molar-refractivity contribution in [2.45, 2.75) is 58.2 Å². The van der Waals surface area contributed by atoms with Gasteiger partial charge in [0.2, 0.25) is 11.8 Å². The number of nitrogens with one attached hydrogen (secondary N) is 3. The average molecular weight is 486 g/mol. The van der Waals surface area contributed by atoms with Gasteiger partial charge in [-0.15, -0.1) is 0 Å². The van der Waals surface area contributed by atoms with E-state index in [1.165, 1.54) is 0 Å². The number of amides is 2. The van der Waals surface area contributed by atoms with E-state index in [9.17, 15) is 32.3 Å². The number of nitrogens with two attached hydrogens (primary N) is 1. The van der Waals surface area contributed by atoms with Gasteiger partial charge < -0.3 is 21.1 Å². The first-order valence-corrected chi connectivity index (χ1v) is 10.6. The minimum absolute atomic E-state index is 0.0169. The Bertz CT molecular complexity index is 886. The summed E-state index contributed by atoms with van der Waals surface area (Å²) in [5.74, 6) is -4.77. The standard InChI is InChI=1S/C22H29F3N4O5/c1-13(2)10-18(31)29-16(12-19(32)34-21(33)22(23,24)25)4-3-9-28-17(30)11-14-5-7-15(8-6-14)20(26)27/h5-8,13,16H,3-4,9-12H2,1-2H3,(H3,26,27)(H,28,30)(H,29,31)/t16-/m0/s1. The average Bonchev–Trinajstić information content (AvgIpc) is 2.70. The smallest absolute Gasteiger partial charge is 0.386 e. The minimum atomic E-state index is -5.30. The second-order valence-corrected chi connectivity index (χ2v) is 8.11. The normalized spacial score (nSPS) is 12.1. The van der Waals surface area contributed by atoms with E-state index in [1.54, 1.807) is 38.1 Å². The van der Waals surface area contributed by atoms with Crippen LogP contribution >= 0.6 is 0 Å². The van der Waals surface area contributed by atoms with Crippen LogP contribution in [0.25, 0.3) is 0 Å². The molecule has 0 saturated heterocycles. The molecule has 12 heteroatoms. The third kappa shape index (κ3) is 11.4. The molecule has 0 saturated carbocycles. The lowest BCUT2D eigenvalue weighted by Crippen LogP contribution is -2.39. The van der Waals surface area contributed by atoms with Crippen LogP contribution in [0.4, 0.5) is 13.2 Å². The van der Waals surface area contributed by atoms with Crippen molar-refractivity contribution in [1.82, 2.24) is 10.6 Å². The number of amidine groups is 1. The van der Waals surface area contributed by atoms with Crippen LogP contribution < -0.4 is 16.4 Å². The number of ether oxygens (including phenoxy) is 1. The second-order valence-electron chi connectivity index (χ2n) is 8.11. The molecule has 0 heterocycles. The Labute approximate surface area is 195 Å². The van der Waals surface area contributed by atoms with Crippen LogP contribution in [0.5, 0.6) is 0 Å². The van der Waals surface area contributed by atoms with E-state index in [0.717, 1.165) is 0 Å². The first-order valence-electron chi connectivity index (χ1n) is 10.6. The summed E-state index contributed by atoms with van der Waals surface area (Å²) in [4.78, 5) is 46.7. The Balaban J connectivity index is 2.56. The van der Waals surface area contributed by atoms with Crippen molar-refractivity contribution >= 4 is 29.6 Å². The fourth-order valence-electron chi connectivity index (χ4n) is 2.91. The summed E-state index contributed by atoms with van der Waals surface area (Å²) < 4.78 is 40.6. The SMILES string of the molecule is CC(C)CC(=O)N[C@@H](CCCNC(=O)Cc1ccc(C(=N)N)cc1)CC(=O)OC(=O)C(F)(F)F. The topological polar surface area (TPSA) is 151 Å². The summed E-state index contributed by atoms with van der Waals surface area (Å²) in [6.45, 7) is 3.79. The molecular formula is C22H29F3N4O5. The molecule has 1 rings (SSSR count). The number of hydrogen-bond acceptors (Lipinski definition) is 6. The zero-order valence-electron chi connectivity index (χ0n) is 19.0. The molecule has 0 spiro atoms. The molecule has 0 unspecified atom stereocenters. The van der Waals surface area contributed by atoms with Crippen molar-refractivity contribution < 1.29 is 37.1 Å². The predicted octanol–water partition coefficient (Wildman–Crippen LogP) is 1.96. The molecule has 0 aliphatic rings. The van der Waals surface area contributed by atoms with Gasteiger partial charge in [-0.2, -0.15) is 13.2 Å². The van der Waals surface area contributed by atoms with Crippen molar-refractivity contribution in [3.05, 3.63) is 35.4 Å². The van der Waals surface area contributed by atoms with E-state index in [-0.39, 0.29) is 43.5 Å². The maximum absolute atomic E-state index is 12.3. The quantitative estimate of drug-likeness (QED) is 0.117. The molecule has 0 bridgehead atoms. The van der Waals surface area contributed by atoms with Crippen molar-refractivity contribution in [2.24, 2.45) is 11.7 Å². The van der Waals surface area contributed by atoms with E-state index in [2.05, 4.69) is 15.4 Å². The highest BCUT2D eigenvalue weighted by Crippen LogP contribution is 2.17. The number of halogens is 3. The number of nitrogen functional groups attached to an aromatic ring is 1. The Hall–Kier alpha value is -3.44. The van der Waals surface area contributed by atoms with Gasteiger partial charge >= 0.3 is 18.1 Å². The zero-order valence-corrected chi connectivity index (χ0v) is 19.0. The maximum Gasteiger partial charge on any atom is 0.491 e. The molecule has 1 aromatic rings. The van der Waals surface area contributed by atoms with E-state index in [1.807, 2.05) is 0 Å². The molecule has 9 nitrogen and oxygen atoms in total. The fourth-order valence-corrected chi connectivity index (χ4v) is 2.91. The van der Waals surface area contributed by atoms with Crippen LogP contribution in [0.2, 0.25) is 0 Å². The summed E-state index contributed by atoms with van der Waals surface area (Å²) in [7, 11) is 0. The lowest BCUT2D eigenvalue weighted by Gasteiger charge is -2.19. The second kappa shape index (κ2) is 13.3. The third-order valence-corrected chi connectivity index (χ3v) is 4.49. The largest absolute Gasteiger partial charge is 0.491 e. The Morgan fingerprint density at radius 2 is 1.68 bits per heavy atom. The number of benzene rings is 1. The fraction of sp³-hybridized carbons (Fsp3) is 0.500. The molecule has 2 amide bonds. The van der Waals surface area contributed by atoms with Crippen LogP contribution in [0.15, 0.2) is 24.3 Å². The van der Waals surface area contributed by atoms with Gasteiger partial charge in [-0.05, 0) is 24.3 Å². The highest BCUT2D eigenvalue weighted by Gasteiger charge is 2.42. The summed E-state index contributed by atoms with van der Waals surface area (Å²) in [6.07, 6.45) is -5.23. The van der Waals surface area contributed by atoms with Gasteiger partial charge in [0, 0.05) is 24.6 Å². The van der Waals surface area contributed by atoms with Crippen LogP contribution in [-0.2, 0) is 30.3 Å². The van der Waals surface area contributed by atoms with Gasteiger partial charge in [-0.3, -0.25) is 19.8 Å². The van der Waals surface area contributed by atoms with Crippen molar-refractivity contribution in [3.63, 3.8) is 0 Å². The first kappa shape index (κ1) is 28.6. The molecule has 5 N–H and O–H groups in total. The van der Waals surface area contributed by atoms with E-state index < -0.39 is 36.5 Å².